The van der Waals surface area contributed by atoms with Gasteiger partial charge in [0.15, 0.2) is 0 Å². The molecule has 6 heteroatoms. The van der Waals surface area contributed by atoms with E-state index in [0.29, 0.717) is 18.3 Å². The van der Waals surface area contributed by atoms with E-state index >= 15 is 0 Å². The van der Waals surface area contributed by atoms with Crippen LogP contribution in [0.5, 0.6) is 0 Å². The first-order valence-corrected chi connectivity index (χ1v) is 13.1. The first kappa shape index (κ1) is 19.9. The highest BCUT2D eigenvalue weighted by Gasteiger charge is 2.53. The molecule has 29 heavy (non-hydrogen) atoms. The van der Waals surface area contributed by atoms with E-state index in [0.717, 1.165) is 43.3 Å². The molecule has 6 fully saturated rings. The van der Waals surface area contributed by atoms with Crippen LogP contribution in [0.3, 0.4) is 0 Å². The molecule has 5 saturated carbocycles. The van der Waals surface area contributed by atoms with Gasteiger partial charge in [-0.1, -0.05) is 12.8 Å². The van der Waals surface area contributed by atoms with Crippen LogP contribution >= 0.6 is 11.8 Å². The highest BCUT2D eigenvalue weighted by molar-refractivity contribution is 7.98. The standard InChI is InChI=1S/C23H34N2O3S/c1-29-7-6-19(25-22(27)17-4-2-3-5-18(17)23(25)28)21(26)24-20-15-9-13-8-14(11-15)12-16(20)10-13/h13-20H,2-12H2,1H3,(H,24,26). The fraction of sp³-hybridized carbons (Fsp3) is 0.870. The SMILES string of the molecule is CSCCC(C(=O)NC1C2CC3CC(C2)CC1C3)N1C(=O)C2CCCCC2C1=O. The summed E-state index contributed by atoms with van der Waals surface area (Å²) in [6.07, 6.45) is 12.6. The number of carbonyl (C=O) groups is 3. The third-order valence-corrected chi connectivity index (χ3v) is 9.26. The number of nitrogens with one attached hydrogen (secondary N) is 1. The van der Waals surface area contributed by atoms with Crippen LogP contribution in [0.25, 0.3) is 0 Å². The quantitative estimate of drug-likeness (QED) is 0.673. The van der Waals surface area contributed by atoms with Gasteiger partial charge in [-0.3, -0.25) is 19.3 Å². The molecule has 4 bridgehead atoms. The Hall–Kier alpha value is -1.04. The molecule has 1 saturated heterocycles. The molecule has 0 spiro atoms. The summed E-state index contributed by atoms with van der Waals surface area (Å²) in [6.45, 7) is 0. The first-order chi connectivity index (χ1) is 14.1. The molecule has 1 aliphatic heterocycles. The summed E-state index contributed by atoms with van der Waals surface area (Å²) in [4.78, 5) is 41.1. The fourth-order valence-electron chi connectivity index (χ4n) is 7.52. The molecule has 5 nitrogen and oxygen atoms in total. The van der Waals surface area contributed by atoms with E-state index in [9.17, 15) is 14.4 Å². The number of imide groups is 1. The minimum absolute atomic E-state index is 0.0723. The Labute approximate surface area is 178 Å². The van der Waals surface area contributed by atoms with Gasteiger partial charge in [0.25, 0.3) is 0 Å². The zero-order valence-corrected chi connectivity index (χ0v) is 18.3. The maximum atomic E-state index is 13.5. The second-order valence-electron chi connectivity index (χ2n) is 10.3. The maximum Gasteiger partial charge on any atom is 0.243 e. The van der Waals surface area contributed by atoms with Gasteiger partial charge >= 0.3 is 0 Å². The number of amides is 3. The van der Waals surface area contributed by atoms with Crippen LogP contribution < -0.4 is 5.32 Å². The van der Waals surface area contributed by atoms with Gasteiger partial charge in [-0.05, 0) is 87.0 Å². The van der Waals surface area contributed by atoms with Crippen LogP contribution in [-0.4, -0.2) is 46.7 Å². The number of hydrogen-bond acceptors (Lipinski definition) is 4. The van der Waals surface area contributed by atoms with Crippen molar-refractivity contribution in [3.8, 4) is 0 Å². The van der Waals surface area contributed by atoms with Crippen LogP contribution in [0.4, 0.5) is 0 Å². The summed E-state index contributed by atoms with van der Waals surface area (Å²) >= 11 is 1.67. The average molecular weight is 419 g/mol. The van der Waals surface area contributed by atoms with E-state index in [1.165, 1.54) is 37.0 Å². The summed E-state index contributed by atoms with van der Waals surface area (Å²) in [5, 5.41) is 3.38. The van der Waals surface area contributed by atoms with Crippen molar-refractivity contribution >= 4 is 29.5 Å². The monoisotopic (exact) mass is 418 g/mol. The molecule has 3 atom stereocenters. The Morgan fingerprint density at radius 3 is 2.07 bits per heavy atom. The first-order valence-electron chi connectivity index (χ1n) is 11.7. The van der Waals surface area contributed by atoms with E-state index < -0.39 is 6.04 Å². The summed E-state index contributed by atoms with van der Waals surface area (Å²) < 4.78 is 0. The van der Waals surface area contributed by atoms with Crippen LogP contribution in [0.1, 0.15) is 64.2 Å². The predicted octanol–water partition coefficient (Wildman–Crippen LogP) is 3.22. The van der Waals surface area contributed by atoms with Crippen LogP contribution in [0, 0.1) is 35.5 Å². The highest BCUT2D eigenvalue weighted by Crippen LogP contribution is 2.53. The number of fused-ring (bicyclic) bond motifs is 1. The Kier molecular flexibility index (Phi) is 5.42. The predicted molar refractivity (Wildman–Crippen MR) is 113 cm³/mol. The molecule has 3 amide bonds. The van der Waals surface area contributed by atoms with E-state index in [1.807, 2.05) is 6.26 Å². The second-order valence-corrected chi connectivity index (χ2v) is 11.3. The Bertz CT molecular complexity index is 644. The van der Waals surface area contributed by atoms with Crippen LogP contribution in [0.2, 0.25) is 0 Å². The smallest absolute Gasteiger partial charge is 0.243 e. The summed E-state index contributed by atoms with van der Waals surface area (Å²) in [6, 6.07) is -0.368. The lowest BCUT2D eigenvalue weighted by molar-refractivity contribution is -0.149. The molecule has 0 radical (unpaired) electrons. The third kappa shape index (κ3) is 3.43. The molecule has 5 aliphatic carbocycles. The molecule has 0 aromatic rings. The van der Waals surface area contributed by atoms with Gasteiger partial charge in [-0.15, -0.1) is 0 Å². The van der Waals surface area contributed by atoms with Crippen molar-refractivity contribution in [1.82, 2.24) is 10.2 Å². The minimum atomic E-state index is -0.620. The topological polar surface area (TPSA) is 66.5 Å². The van der Waals surface area contributed by atoms with Gasteiger partial charge in [0, 0.05) is 6.04 Å². The molecular formula is C23H34N2O3S. The molecular weight excluding hydrogens is 384 g/mol. The van der Waals surface area contributed by atoms with Crippen molar-refractivity contribution in [3.63, 3.8) is 0 Å². The molecule has 0 aromatic carbocycles. The Balaban J connectivity index is 1.33. The molecule has 3 unspecified atom stereocenters. The minimum Gasteiger partial charge on any atom is -0.351 e. The number of thioether (sulfide) groups is 1. The second kappa shape index (κ2) is 7.90. The van der Waals surface area contributed by atoms with Gasteiger partial charge in [-0.25, -0.2) is 0 Å². The van der Waals surface area contributed by atoms with Crippen molar-refractivity contribution in [1.29, 1.82) is 0 Å². The van der Waals surface area contributed by atoms with Gasteiger partial charge < -0.3 is 5.32 Å². The van der Waals surface area contributed by atoms with Gasteiger partial charge in [0.1, 0.15) is 6.04 Å². The summed E-state index contributed by atoms with van der Waals surface area (Å²) in [7, 11) is 0. The number of rotatable bonds is 6. The number of nitrogens with zero attached hydrogens (tertiary/aromatic N) is 1. The normalized spacial score (nSPS) is 41.6. The zero-order chi connectivity index (χ0) is 20.1. The fourth-order valence-corrected chi connectivity index (χ4v) is 7.98. The van der Waals surface area contributed by atoms with Crippen molar-refractivity contribution in [3.05, 3.63) is 0 Å². The number of carbonyl (C=O) groups excluding carboxylic acids is 3. The molecule has 1 heterocycles. The summed E-state index contributed by atoms with van der Waals surface area (Å²) in [5.74, 6) is 3.13. The van der Waals surface area contributed by atoms with Crippen molar-refractivity contribution in [2.75, 3.05) is 12.0 Å². The van der Waals surface area contributed by atoms with E-state index in [-0.39, 0.29) is 35.6 Å². The van der Waals surface area contributed by atoms with E-state index in [2.05, 4.69) is 5.32 Å². The number of hydrogen-bond donors (Lipinski definition) is 1. The van der Waals surface area contributed by atoms with Gasteiger partial charge in [0.05, 0.1) is 11.8 Å². The van der Waals surface area contributed by atoms with Crippen molar-refractivity contribution < 1.29 is 14.4 Å². The molecule has 6 rings (SSSR count). The molecule has 1 N–H and O–H groups in total. The van der Waals surface area contributed by atoms with Crippen molar-refractivity contribution in [2.24, 2.45) is 35.5 Å². The Morgan fingerprint density at radius 2 is 1.55 bits per heavy atom. The lowest BCUT2D eigenvalue weighted by Gasteiger charge is -2.54. The van der Waals surface area contributed by atoms with E-state index in [1.54, 1.807) is 11.8 Å². The van der Waals surface area contributed by atoms with Crippen LogP contribution in [0.15, 0.2) is 0 Å². The van der Waals surface area contributed by atoms with Crippen LogP contribution in [-0.2, 0) is 14.4 Å². The molecule has 0 aromatic heterocycles. The number of likely N-dealkylation sites (tertiary alicyclic amines) is 1. The third-order valence-electron chi connectivity index (χ3n) is 8.62. The molecule has 160 valence electrons. The lowest BCUT2D eigenvalue weighted by atomic mass is 9.54. The highest BCUT2D eigenvalue weighted by atomic mass is 32.2. The summed E-state index contributed by atoms with van der Waals surface area (Å²) in [5.41, 5.74) is 0. The van der Waals surface area contributed by atoms with Gasteiger partial charge in [-0.2, -0.15) is 11.8 Å². The Morgan fingerprint density at radius 1 is 1.00 bits per heavy atom. The largest absolute Gasteiger partial charge is 0.351 e. The maximum absolute atomic E-state index is 13.5. The zero-order valence-electron chi connectivity index (χ0n) is 17.5. The molecule has 6 aliphatic rings. The van der Waals surface area contributed by atoms with Crippen molar-refractivity contribution in [2.45, 2.75) is 76.3 Å². The van der Waals surface area contributed by atoms with Gasteiger partial charge in [0.2, 0.25) is 17.7 Å². The van der Waals surface area contributed by atoms with E-state index in [4.69, 9.17) is 0 Å². The lowest BCUT2D eigenvalue weighted by Crippen LogP contribution is -2.59. The average Bonchev–Trinajstić information content (AvgIpc) is 2.96.